The van der Waals surface area contributed by atoms with E-state index in [2.05, 4.69) is 62.5 Å². The summed E-state index contributed by atoms with van der Waals surface area (Å²) in [6.07, 6.45) is 52.2. The molecule has 0 saturated carbocycles. The van der Waals surface area contributed by atoms with Crippen LogP contribution in [0.3, 0.4) is 0 Å². The summed E-state index contributed by atoms with van der Waals surface area (Å²) in [6.45, 7) is 2.19. The van der Waals surface area contributed by atoms with Gasteiger partial charge in [0.25, 0.3) is 0 Å². The first-order chi connectivity index (χ1) is 30.3. The van der Waals surface area contributed by atoms with E-state index in [9.17, 15) is 29.3 Å². The van der Waals surface area contributed by atoms with Gasteiger partial charge in [-0.1, -0.05) is 184 Å². The van der Waals surface area contributed by atoms with Gasteiger partial charge in [-0.15, -0.1) is 0 Å². The van der Waals surface area contributed by atoms with Gasteiger partial charge in [0, 0.05) is 12.8 Å². The van der Waals surface area contributed by atoms with Crippen LogP contribution < -0.4 is 0 Å². The third-order valence-corrected chi connectivity index (χ3v) is 11.7. The van der Waals surface area contributed by atoms with E-state index in [1.165, 1.54) is 122 Å². The van der Waals surface area contributed by atoms with Gasteiger partial charge in [-0.25, -0.2) is 4.57 Å². The van der Waals surface area contributed by atoms with Crippen molar-refractivity contribution in [1.29, 1.82) is 0 Å². The maximum absolute atomic E-state index is 12.4. The molecule has 0 radical (unpaired) electrons. The fourth-order valence-corrected chi connectivity index (χ4v) is 7.67. The predicted molar refractivity (Wildman–Crippen MR) is 256 cm³/mol. The van der Waals surface area contributed by atoms with Crippen molar-refractivity contribution in [3.63, 3.8) is 0 Å². The lowest BCUT2D eigenvalue weighted by molar-refractivity contribution is -0.153. The number of hydrogen-bond donors (Lipinski definition) is 3. The average Bonchev–Trinajstić information content (AvgIpc) is 3.26. The Labute approximate surface area is 379 Å². The first-order valence-corrected chi connectivity index (χ1v) is 26.6. The molecule has 0 aromatic carbocycles. The van der Waals surface area contributed by atoms with E-state index in [0.717, 1.165) is 64.2 Å². The predicted octanol–water partition coefficient (Wildman–Crippen LogP) is 14.1. The van der Waals surface area contributed by atoms with E-state index in [-0.39, 0.29) is 12.8 Å². The van der Waals surface area contributed by atoms with Crippen LogP contribution in [0, 0.1) is 0 Å². The van der Waals surface area contributed by atoms with Gasteiger partial charge in [-0.2, -0.15) is 0 Å². The van der Waals surface area contributed by atoms with Crippen LogP contribution in [0.5, 0.6) is 0 Å². The molecule has 11 heteroatoms. The van der Waals surface area contributed by atoms with Crippen LogP contribution in [-0.4, -0.2) is 65.7 Å². The number of phosphoric ester groups is 1. The Balaban J connectivity index is 3.87. The van der Waals surface area contributed by atoms with Gasteiger partial charge in [0.2, 0.25) is 0 Å². The van der Waals surface area contributed by atoms with Crippen molar-refractivity contribution >= 4 is 19.8 Å². The van der Waals surface area contributed by atoms with Gasteiger partial charge >= 0.3 is 19.8 Å². The Morgan fingerprint density at radius 1 is 0.435 bits per heavy atom. The van der Waals surface area contributed by atoms with Crippen LogP contribution in [0.2, 0.25) is 0 Å². The minimum absolute atomic E-state index is 0.182. The van der Waals surface area contributed by atoms with Gasteiger partial charge < -0.3 is 24.6 Å². The Bertz CT molecular complexity index is 1170. The minimum Gasteiger partial charge on any atom is -0.457 e. The van der Waals surface area contributed by atoms with Crippen molar-refractivity contribution in [3.05, 3.63) is 48.6 Å². The van der Waals surface area contributed by atoms with Gasteiger partial charge in [-0.3, -0.25) is 18.6 Å². The summed E-state index contributed by atoms with van der Waals surface area (Å²) >= 11 is 0. The summed E-state index contributed by atoms with van der Waals surface area (Å²) in [7, 11) is -4.65. The zero-order valence-electron chi connectivity index (χ0n) is 39.6. The lowest BCUT2D eigenvalue weighted by atomic mass is 10.1. The second-order valence-electron chi connectivity index (χ2n) is 16.8. The Hall–Kier alpha value is -2.07. The molecule has 0 saturated heterocycles. The zero-order valence-corrected chi connectivity index (χ0v) is 40.5. The van der Waals surface area contributed by atoms with Crippen LogP contribution in [0.4, 0.5) is 0 Å². The Morgan fingerprint density at radius 2 is 0.710 bits per heavy atom. The highest BCUT2D eigenvalue weighted by Crippen LogP contribution is 2.43. The monoisotopic (exact) mass is 897 g/mol. The highest BCUT2D eigenvalue weighted by Gasteiger charge is 2.27. The summed E-state index contributed by atoms with van der Waals surface area (Å²) in [4.78, 5) is 34.7. The Kier molecular flexibility index (Phi) is 45.3. The minimum atomic E-state index is -4.65. The molecule has 0 fully saturated rings. The smallest absolute Gasteiger partial charge is 0.457 e. The molecule has 0 aliphatic heterocycles. The van der Waals surface area contributed by atoms with E-state index in [0.29, 0.717) is 12.8 Å². The van der Waals surface area contributed by atoms with Gasteiger partial charge in [0.1, 0.15) is 12.2 Å². The molecule has 0 amide bonds. The number of rotatable bonds is 47. The standard InChI is InChI=1S/C51H93O10P/c1-3-5-7-9-11-13-15-17-19-21-23-24-25-27-29-31-33-35-37-39-41-43-51(55)61-49(45-53)47-59-62(56,57)58-46-48(44-52)60-50(54)42-40-38-36-34-32-30-28-26-22-20-18-16-14-12-10-8-6-4-2/h14-17,20-23,48-49,52-53H,3-13,18-19,24-47H2,1-2H3,(H,56,57)/b16-14-,17-15-,22-20-,23-21-. The molecular formula is C51H93O10P. The molecule has 0 aliphatic rings. The number of ether oxygens (including phenoxy) is 2. The maximum Gasteiger partial charge on any atom is 0.472 e. The number of phosphoric acid groups is 1. The van der Waals surface area contributed by atoms with Crippen LogP contribution in [0.25, 0.3) is 0 Å². The molecule has 3 N–H and O–H groups in total. The van der Waals surface area contributed by atoms with Crippen molar-refractivity contribution in [3.8, 4) is 0 Å². The maximum atomic E-state index is 12.4. The molecule has 0 rings (SSSR count). The lowest BCUT2D eigenvalue weighted by Crippen LogP contribution is -2.28. The first kappa shape index (κ1) is 59.9. The van der Waals surface area contributed by atoms with Gasteiger partial charge in [0.05, 0.1) is 26.4 Å². The number of aliphatic hydroxyl groups excluding tert-OH is 2. The fraction of sp³-hybridized carbons (Fsp3) is 0.804. The third kappa shape index (κ3) is 44.5. The highest BCUT2D eigenvalue weighted by molar-refractivity contribution is 7.47. The summed E-state index contributed by atoms with van der Waals surface area (Å²) < 4.78 is 32.7. The topological polar surface area (TPSA) is 149 Å². The van der Waals surface area contributed by atoms with Gasteiger partial charge in [0.15, 0.2) is 0 Å². The molecule has 0 aromatic rings. The van der Waals surface area contributed by atoms with Crippen LogP contribution in [-0.2, 0) is 32.7 Å². The quantitative estimate of drug-likeness (QED) is 0.0233. The van der Waals surface area contributed by atoms with Crippen LogP contribution in [0.1, 0.15) is 226 Å². The molecule has 3 atom stereocenters. The molecule has 0 spiro atoms. The van der Waals surface area contributed by atoms with E-state index in [4.69, 9.17) is 18.5 Å². The zero-order chi connectivity index (χ0) is 45.5. The number of carbonyl (C=O) groups is 2. The number of aliphatic hydroxyl groups is 2. The first-order valence-electron chi connectivity index (χ1n) is 25.1. The van der Waals surface area contributed by atoms with Crippen LogP contribution >= 0.6 is 7.82 Å². The number of unbranched alkanes of at least 4 members (excludes halogenated alkanes) is 25. The molecule has 0 aliphatic carbocycles. The molecular weight excluding hydrogens is 804 g/mol. The number of esters is 2. The molecule has 62 heavy (non-hydrogen) atoms. The van der Waals surface area contributed by atoms with Crippen molar-refractivity contribution in [1.82, 2.24) is 0 Å². The second-order valence-corrected chi connectivity index (χ2v) is 18.2. The van der Waals surface area contributed by atoms with Crippen molar-refractivity contribution in [2.24, 2.45) is 0 Å². The summed E-state index contributed by atoms with van der Waals surface area (Å²) in [5.74, 6) is -1.03. The SMILES string of the molecule is CCCCCC/C=C\C/C=C\CCCCCCCCCC(=O)OC(CO)COP(=O)(O)OCC(CO)OC(=O)CCCCCCCCCCC/C=C\C/C=C\CCCCCCC. The van der Waals surface area contributed by atoms with E-state index in [1.807, 2.05) is 0 Å². The van der Waals surface area contributed by atoms with Crippen molar-refractivity contribution in [2.75, 3.05) is 26.4 Å². The second kappa shape index (κ2) is 46.9. The average molecular weight is 897 g/mol. The molecule has 10 nitrogen and oxygen atoms in total. The van der Waals surface area contributed by atoms with E-state index < -0.39 is 58.4 Å². The normalized spacial score (nSPS) is 14.1. The highest BCUT2D eigenvalue weighted by atomic mass is 31.2. The number of carbonyl (C=O) groups excluding carboxylic acids is 2. The molecule has 0 bridgehead atoms. The summed E-state index contributed by atoms with van der Waals surface area (Å²) in [5.41, 5.74) is 0. The van der Waals surface area contributed by atoms with Crippen molar-refractivity contribution in [2.45, 2.75) is 238 Å². The summed E-state index contributed by atoms with van der Waals surface area (Å²) in [5, 5.41) is 19.2. The Morgan fingerprint density at radius 3 is 1.02 bits per heavy atom. The molecule has 0 heterocycles. The van der Waals surface area contributed by atoms with Crippen LogP contribution in [0.15, 0.2) is 48.6 Å². The lowest BCUT2D eigenvalue weighted by Gasteiger charge is -2.20. The number of hydrogen-bond acceptors (Lipinski definition) is 9. The van der Waals surface area contributed by atoms with E-state index in [1.54, 1.807) is 0 Å². The molecule has 0 aromatic heterocycles. The third-order valence-electron chi connectivity index (χ3n) is 10.8. The van der Waals surface area contributed by atoms with Crippen molar-refractivity contribution < 1.29 is 47.8 Å². The molecule has 362 valence electrons. The van der Waals surface area contributed by atoms with E-state index >= 15 is 0 Å². The largest absolute Gasteiger partial charge is 0.472 e. The summed E-state index contributed by atoms with van der Waals surface area (Å²) in [6, 6.07) is 0. The fourth-order valence-electron chi connectivity index (χ4n) is 6.88. The molecule has 3 unspecified atom stereocenters. The number of allylic oxidation sites excluding steroid dienone is 8. The van der Waals surface area contributed by atoms with Gasteiger partial charge in [-0.05, 0) is 77.0 Å².